The van der Waals surface area contributed by atoms with Crippen molar-refractivity contribution >= 4 is 0 Å². The molecule has 25 heavy (non-hydrogen) atoms. The highest BCUT2D eigenvalue weighted by molar-refractivity contribution is 5.63. The SMILES string of the molecule is OC(CCc1ncccc1F)COc1ccc(-c2ccccc2)cc1. The molecule has 3 nitrogen and oxygen atoms in total. The van der Waals surface area contributed by atoms with Crippen molar-refractivity contribution in [2.24, 2.45) is 0 Å². The average molecular weight is 337 g/mol. The largest absolute Gasteiger partial charge is 0.491 e. The van der Waals surface area contributed by atoms with Gasteiger partial charge in [-0.05, 0) is 48.2 Å². The molecule has 1 atom stereocenters. The van der Waals surface area contributed by atoms with Crippen LogP contribution in [0.25, 0.3) is 11.1 Å². The molecule has 0 fully saturated rings. The highest BCUT2D eigenvalue weighted by Gasteiger charge is 2.09. The van der Waals surface area contributed by atoms with E-state index in [2.05, 4.69) is 17.1 Å². The van der Waals surface area contributed by atoms with Crippen molar-refractivity contribution in [2.75, 3.05) is 6.61 Å². The first-order valence-corrected chi connectivity index (χ1v) is 8.28. The van der Waals surface area contributed by atoms with Gasteiger partial charge in [0.2, 0.25) is 0 Å². The van der Waals surface area contributed by atoms with Crippen molar-refractivity contribution in [1.82, 2.24) is 4.98 Å². The van der Waals surface area contributed by atoms with E-state index in [-0.39, 0.29) is 12.4 Å². The minimum Gasteiger partial charge on any atom is -0.491 e. The molecule has 0 amide bonds. The molecule has 0 aliphatic heterocycles. The van der Waals surface area contributed by atoms with Crippen LogP contribution in [0.1, 0.15) is 12.1 Å². The van der Waals surface area contributed by atoms with Crippen LogP contribution >= 0.6 is 0 Å². The number of nitrogens with zero attached hydrogens (tertiary/aromatic N) is 1. The van der Waals surface area contributed by atoms with Gasteiger partial charge in [0.05, 0.1) is 11.8 Å². The Kier molecular flexibility index (Phi) is 5.75. The molecule has 0 spiro atoms. The van der Waals surface area contributed by atoms with E-state index in [0.717, 1.165) is 11.1 Å². The molecule has 0 saturated carbocycles. The summed E-state index contributed by atoms with van der Waals surface area (Å²) < 4.78 is 19.1. The number of hydrogen-bond donors (Lipinski definition) is 1. The maximum Gasteiger partial charge on any atom is 0.144 e. The summed E-state index contributed by atoms with van der Waals surface area (Å²) in [4.78, 5) is 3.98. The van der Waals surface area contributed by atoms with E-state index in [1.807, 2.05) is 42.5 Å². The van der Waals surface area contributed by atoms with Gasteiger partial charge in [0.1, 0.15) is 18.2 Å². The zero-order valence-electron chi connectivity index (χ0n) is 13.8. The number of aliphatic hydroxyl groups is 1. The maximum atomic E-state index is 13.5. The number of hydrogen-bond acceptors (Lipinski definition) is 3. The summed E-state index contributed by atoms with van der Waals surface area (Å²) in [6.45, 7) is 0.166. The molecule has 3 rings (SSSR count). The van der Waals surface area contributed by atoms with Gasteiger partial charge in [-0.1, -0.05) is 42.5 Å². The van der Waals surface area contributed by atoms with Crippen molar-refractivity contribution < 1.29 is 14.2 Å². The smallest absolute Gasteiger partial charge is 0.144 e. The second-order valence-corrected chi connectivity index (χ2v) is 5.83. The number of aryl methyl sites for hydroxylation is 1. The summed E-state index contributed by atoms with van der Waals surface area (Å²) in [5, 5.41) is 10.0. The van der Waals surface area contributed by atoms with Crippen molar-refractivity contribution in [3.8, 4) is 16.9 Å². The molecule has 3 aromatic rings. The molecule has 2 aromatic carbocycles. The molecule has 0 aliphatic rings. The van der Waals surface area contributed by atoms with Gasteiger partial charge >= 0.3 is 0 Å². The number of benzene rings is 2. The highest BCUT2D eigenvalue weighted by Crippen LogP contribution is 2.22. The van der Waals surface area contributed by atoms with Crippen molar-refractivity contribution in [1.29, 1.82) is 0 Å². The third kappa shape index (κ3) is 4.88. The summed E-state index contributed by atoms with van der Waals surface area (Å²) in [5.41, 5.74) is 2.62. The van der Waals surface area contributed by atoms with Gasteiger partial charge in [-0.15, -0.1) is 0 Å². The first kappa shape index (κ1) is 17.1. The summed E-state index contributed by atoms with van der Waals surface area (Å²) in [5.74, 6) is 0.356. The monoisotopic (exact) mass is 337 g/mol. The molecular formula is C21H20FNO2. The van der Waals surface area contributed by atoms with Crippen LogP contribution < -0.4 is 4.74 Å². The number of aliphatic hydroxyl groups excluding tert-OH is 1. The van der Waals surface area contributed by atoms with Crippen LogP contribution in [0.15, 0.2) is 72.9 Å². The van der Waals surface area contributed by atoms with E-state index in [4.69, 9.17) is 4.74 Å². The van der Waals surface area contributed by atoms with Crippen molar-refractivity contribution in [2.45, 2.75) is 18.9 Å². The Bertz CT molecular complexity index is 791. The predicted octanol–water partition coefficient (Wildman–Crippen LogP) is 4.26. The standard InChI is InChI=1S/C21H20FNO2/c22-20-7-4-14-23-21(20)13-10-18(24)15-25-19-11-8-17(9-12-19)16-5-2-1-3-6-16/h1-9,11-12,14,18,24H,10,13,15H2. The number of rotatable bonds is 7. The minimum absolute atomic E-state index is 0.166. The molecule has 0 aliphatic carbocycles. The molecule has 0 saturated heterocycles. The number of halogens is 1. The lowest BCUT2D eigenvalue weighted by molar-refractivity contribution is 0.0998. The van der Waals surface area contributed by atoms with Crippen LogP contribution in [0.4, 0.5) is 4.39 Å². The second-order valence-electron chi connectivity index (χ2n) is 5.83. The lowest BCUT2D eigenvalue weighted by Gasteiger charge is -2.13. The third-order valence-corrected chi connectivity index (χ3v) is 3.95. The predicted molar refractivity (Wildman–Crippen MR) is 95.9 cm³/mol. The second kappa shape index (κ2) is 8.40. The summed E-state index contributed by atoms with van der Waals surface area (Å²) >= 11 is 0. The van der Waals surface area contributed by atoms with Crippen molar-refractivity contribution in [3.63, 3.8) is 0 Å². The Morgan fingerprint density at radius 3 is 2.36 bits per heavy atom. The van der Waals surface area contributed by atoms with Gasteiger partial charge in [-0.2, -0.15) is 0 Å². The lowest BCUT2D eigenvalue weighted by Crippen LogP contribution is -2.18. The van der Waals surface area contributed by atoms with Crippen LogP contribution in [0.2, 0.25) is 0 Å². The van der Waals surface area contributed by atoms with Crippen LogP contribution in [0, 0.1) is 5.82 Å². The number of ether oxygens (including phenoxy) is 1. The number of aromatic nitrogens is 1. The van der Waals surface area contributed by atoms with Gasteiger partial charge in [-0.3, -0.25) is 4.98 Å². The molecule has 0 bridgehead atoms. The Hall–Kier alpha value is -2.72. The van der Waals surface area contributed by atoms with Gasteiger partial charge in [-0.25, -0.2) is 4.39 Å². The Labute approximate surface area is 146 Å². The Balaban J connectivity index is 1.49. The van der Waals surface area contributed by atoms with Crippen LogP contribution in [0.3, 0.4) is 0 Å². The highest BCUT2D eigenvalue weighted by atomic mass is 19.1. The normalized spacial score (nSPS) is 11.9. The average Bonchev–Trinajstić information content (AvgIpc) is 2.67. The summed E-state index contributed by atoms with van der Waals surface area (Å²) in [6.07, 6.45) is 1.66. The first-order chi connectivity index (χ1) is 12.2. The van der Waals surface area contributed by atoms with Gasteiger partial charge < -0.3 is 9.84 Å². The van der Waals surface area contributed by atoms with E-state index >= 15 is 0 Å². The lowest BCUT2D eigenvalue weighted by atomic mass is 10.1. The Morgan fingerprint density at radius 2 is 1.64 bits per heavy atom. The summed E-state index contributed by atoms with van der Waals surface area (Å²) in [7, 11) is 0. The van der Waals surface area contributed by atoms with Gasteiger partial charge in [0.15, 0.2) is 0 Å². The fraction of sp³-hybridized carbons (Fsp3) is 0.190. The van der Waals surface area contributed by atoms with E-state index in [0.29, 0.717) is 24.3 Å². The molecule has 1 unspecified atom stereocenters. The minimum atomic E-state index is -0.671. The number of pyridine rings is 1. The fourth-order valence-electron chi connectivity index (χ4n) is 2.56. The molecule has 1 N–H and O–H groups in total. The van der Waals surface area contributed by atoms with Crippen molar-refractivity contribution in [3.05, 3.63) is 84.4 Å². The quantitative estimate of drug-likeness (QED) is 0.700. The molecule has 4 heteroatoms. The fourth-order valence-corrected chi connectivity index (χ4v) is 2.56. The Morgan fingerprint density at radius 1 is 0.920 bits per heavy atom. The molecule has 128 valence electrons. The topological polar surface area (TPSA) is 42.4 Å². The molecule has 1 aromatic heterocycles. The van der Waals surface area contributed by atoms with E-state index < -0.39 is 6.10 Å². The van der Waals surface area contributed by atoms with E-state index in [1.54, 1.807) is 12.3 Å². The summed E-state index contributed by atoms with van der Waals surface area (Å²) in [6, 6.07) is 20.8. The first-order valence-electron chi connectivity index (χ1n) is 8.28. The zero-order valence-corrected chi connectivity index (χ0v) is 13.8. The van der Waals surface area contributed by atoms with E-state index in [9.17, 15) is 9.50 Å². The van der Waals surface area contributed by atoms with Crippen LogP contribution in [-0.2, 0) is 6.42 Å². The molecule has 1 heterocycles. The van der Waals surface area contributed by atoms with Gasteiger partial charge in [0.25, 0.3) is 0 Å². The third-order valence-electron chi connectivity index (χ3n) is 3.95. The maximum absolute atomic E-state index is 13.5. The molecular weight excluding hydrogens is 317 g/mol. The molecule has 0 radical (unpaired) electrons. The van der Waals surface area contributed by atoms with E-state index in [1.165, 1.54) is 6.07 Å². The van der Waals surface area contributed by atoms with Crippen LogP contribution in [-0.4, -0.2) is 22.8 Å². The van der Waals surface area contributed by atoms with Gasteiger partial charge in [0, 0.05) is 6.20 Å². The zero-order chi connectivity index (χ0) is 17.5. The van der Waals surface area contributed by atoms with Crippen LogP contribution in [0.5, 0.6) is 5.75 Å².